The van der Waals surface area contributed by atoms with Gasteiger partial charge in [-0.3, -0.25) is 4.79 Å². The second-order valence-electron chi connectivity index (χ2n) is 5.04. The van der Waals surface area contributed by atoms with Gasteiger partial charge in [0.2, 0.25) is 5.76 Å². The first-order chi connectivity index (χ1) is 12.2. The Labute approximate surface area is 144 Å². The summed E-state index contributed by atoms with van der Waals surface area (Å²) in [7, 11) is 0. The average Bonchev–Trinajstić information content (AvgIpc) is 3.16. The SMILES string of the molecule is O=C(COC(=O)c1ccco1)Nc1cccc(Oc2ccccc2)c1. The highest BCUT2D eigenvalue weighted by Gasteiger charge is 2.12. The maximum Gasteiger partial charge on any atom is 0.374 e. The van der Waals surface area contributed by atoms with Crippen LogP contribution in [0, 0.1) is 0 Å². The van der Waals surface area contributed by atoms with Crippen LogP contribution in [0.4, 0.5) is 5.69 Å². The maximum absolute atomic E-state index is 11.9. The molecule has 3 rings (SSSR count). The van der Waals surface area contributed by atoms with E-state index in [2.05, 4.69) is 5.32 Å². The third kappa shape index (κ3) is 4.71. The van der Waals surface area contributed by atoms with Gasteiger partial charge in [-0.1, -0.05) is 24.3 Å². The smallest absolute Gasteiger partial charge is 0.374 e. The van der Waals surface area contributed by atoms with Gasteiger partial charge in [0.15, 0.2) is 6.61 Å². The molecule has 6 nitrogen and oxygen atoms in total. The highest BCUT2D eigenvalue weighted by molar-refractivity contribution is 5.94. The van der Waals surface area contributed by atoms with Crippen molar-refractivity contribution in [1.82, 2.24) is 0 Å². The van der Waals surface area contributed by atoms with Crippen LogP contribution in [0.15, 0.2) is 77.4 Å². The zero-order valence-corrected chi connectivity index (χ0v) is 13.2. The van der Waals surface area contributed by atoms with Gasteiger partial charge in [0.25, 0.3) is 5.91 Å². The van der Waals surface area contributed by atoms with E-state index in [1.54, 1.807) is 30.3 Å². The molecule has 0 saturated carbocycles. The lowest BCUT2D eigenvalue weighted by Crippen LogP contribution is -2.20. The lowest BCUT2D eigenvalue weighted by Gasteiger charge is -2.09. The van der Waals surface area contributed by atoms with E-state index < -0.39 is 18.5 Å². The largest absolute Gasteiger partial charge is 0.457 e. The first-order valence-corrected chi connectivity index (χ1v) is 7.54. The summed E-state index contributed by atoms with van der Waals surface area (Å²) in [6, 6.07) is 19.3. The number of hydrogen-bond acceptors (Lipinski definition) is 5. The Bertz CT molecular complexity index is 843. The number of ether oxygens (including phenoxy) is 2. The number of anilines is 1. The monoisotopic (exact) mass is 337 g/mol. The van der Waals surface area contributed by atoms with E-state index in [0.717, 1.165) is 0 Å². The number of amides is 1. The van der Waals surface area contributed by atoms with Crippen molar-refractivity contribution in [2.75, 3.05) is 11.9 Å². The van der Waals surface area contributed by atoms with Crippen LogP contribution >= 0.6 is 0 Å². The first-order valence-electron chi connectivity index (χ1n) is 7.54. The molecule has 6 heteroatoms. The number of nitrogens with one attached hydrogen (secondary N) is 1. The van der Waals surface area contributed by atoms with Gasteiger partial charge in [-0.2, -0.15) is 0 Å². The molecule has 0 unspecified atom stereocenters. The number of carbonyl (C=O) groups excluding carboxylic acids is 2. The van der Waals surface area contributed by atoms with Gasteiger partial charge in [0.05, 0.1) is 6.26 Å². The van der Waals surface area contributed by atoms with Crippen LogP contribution in [0.25, 0.3) is 0 Å². The molecule has 0 spiro atoms. The Morgan fingerprint density at radius 1 is 0.920 bits per heavy atom. The van der Waals surface area contributed by atoms with Gasteiger partial charge >= 0.3 is 5.97 Å². The van der Waals surface area contributed by atoms with E-state index in [-0.39, 0.29) is 5.76 Å². The maximum atomic E-state index is 11.9. The van der Waals surface area contributed by atoms with E-state index >= 15 is 0 Å². The molecule has 1 aromatic heterocycles. The molecule has 126 valence electrons. The Morgan fingerprint density at radius 2 is 1.72 bits per heavy atom. The number of carbonyl (C=O) groups is 2. The predicted octanol–water partition coefficient (Wildman–Crippen LogP) is 3.87. The normalized spacial score (nSPS) is 10.1. The fourth-order valence-electron chi connectivity index (χ4n) is 2.06. The quantitative estimate of drug-likeness (QED) is 0.691. The Kier molecular flexibility index (Phi) is 5.11. The van der Waals surface area contributed by atoms with Crippen LogP contribution in [-0.4, -0.2) is 18.5 Å². The van der Waals surface area contributed by atoms with E-state index in [9.17, 15) is 9.59 Å². The minimum Gasteiger partial charge on any atom is -0.457 e. The van der Waals surface area contributed by atoms with Crippen LogP contribution < -0.4 is 10.1 Å². The molecule has 0 radical (unpaired) electrons. The molecule has 0 atom stereocenters. The molecular weight excluding hydrogens is 322 g/mol. The zero-order chi connectivity index (χ0) is 17.5. The van der Waals surface area contributed by atoms with Crippen molar-refractivity contribution in [1.29, 1.82) is 0 Å². The molecule has 0 aliphatic rings. The molecule has 1 N–H and O–H groups in total. The average molecular weight is 337 g/mol. The van der Waals surface area contributed by atoms with Crippen LogP contribution in [0.5, 0.6) is 11.5 Å². The summed E-state index contributed by atoms with van der Waals surface area (Å²) in [6.45, 7) is -0.413. The summed E-state index contributed by atoms with van der Waals surface area (Å²) in [6.07, 6.45) is 1.36. The molecule has 3 aromatic rings. The molecule has 0 aliphatic heterocycles. The van der Waals surface area contributed by atoms with Gasteiger partial charge in [0, 0.05) is 11.8 Å². The number of esters is 1. The van der Waals surface area contributed by atoms with Crippen molar-refractivity contribution >= 4 is 17.6 Å². The molecular formula is C19H15NO5. The Morgan fingerprint density at radius 3 is 2.48 bits per heavy atom. The molecule has 25 heavy (non-hydrogen) atoms. The van der Waals surface area contributed by atoms with E-state index in [4.69, 9.17) is 13.9 Å². The topological polar surface area (TPSA) is 77.8 Å². The first kappa shape index (κ1) is 16.3. The number of rotatable bonds is 6. The molecule has 2 aromatic carbocycles. The second kappa shape index (κ2) is 7.83. The van der Waals surface area contributed by atoms with E-state index in [1.165, 1.54) is 12.3 Å². The molecule has 0 saturated heterocycles. The van der Waals surface area contributed by atoms with Crippen molar-refractivity contribution in [3.05, 3.63) is 78.8 Å². The van der Waals surface area contributed by atoms with Gasteiger partial charge in [-0.15, -0.1) is 0 Å². The second-order valence-corrected chi connectivity index (χ2v) is 5.04. The fourth-order valence-corrected chi connectivity index (χ4v) is 2.06. The number of benzene rings is 2. The van der Waals surface area contributed by atoms with Crippen molar-refractivity contribution in [2.24, 2.45) is 0 Å². The number of para-hydroxylation sites is 1. The van der Waals surface area contributed by atoms with Crippen molar-refractivity contribution in [3.8, 4) is 11.5 Å². The fraction of sp³-hybridized carbons (Fsp3) is 0.0526. The molecule has 0 fully saturated rings. The summed E-state index contributed by atoms with van der Waals surface area (Å²) in [5, 5.41) is 2.64. The van der Waals surface area contributed by atoms with Crippen molar-refractivity contribution in [2.45, 2.75) is 0 Å². The van der Waals surface area contributed by atoms with Crippen LogP contribution in [0.2, 0.25) is 0 Å². The van der Waals surface area contributed by atoms with Gasteiger partial charge in [0.1, 0.15) is 11.5 Å². The lowest BCUT2D eigenvalue weighted by molar-refractivity contribution is -0.119. The minimum absolute atomic E-state index is 0.0473. The van der Waals surface area contributed by atoms with Crippen molar-refractivity contribution in [3.63, 3.8) is 0 Å². The molecule has 0 aliphatic carbocycles. The zero-order valence-electron chi connectivity index (χ0n) is 13.2. The van der Waals surface area contributed by atoms with Crippen LogP contribution in [0.1, 0.15) is 10.6 Å². The van der Waals surface area contributed by atoms with E-state index in [1.807, 2.05) is 30.3 Å². The van der Waals surface area contributed by atoms with E-state index in [0.29, 0.717) is 17.2 Å². The molecule has 1 heterocycles. The lowest BCUT2D eigenvalue weighted by atomic mass is 10.3. The van der Waals surface area contributed by atoms with Gasteiger partial charge in [-0.05, 0) is 36.4 Å². The Hall–Kier alpha value is -3.54. The summed E-state index contributed by atoms with van der Waals surface area (Å²) < 4.78 is 15.5. The molecule has 0 bridgehead atoms. The van der Waals surface area contributed by atoms with Gasteiger partial charge < -0.3 is 19.2 Å². The van der Waals surface area contributed by atoms with Gasteiger partial charge in [-0.25, -0.2) is 4.79 Å². The van der Waals surface area contributed by atoms with Crippen LogP contribution in [-0.2, 0) is 9.53 Å². The third-order valence-electron chi connectivity index (χ3n) is 3.15. The predicted molar refractivity (Wildman–Crippen MR) is 90.6 cm³/mol. The summed E-state index contributed by atoms with van der Waals surface area (Å²) >= 11 is 0. The standard InChI is InChI=1S/C19H15NO5/c21-18(13-24-19(22)17-10-5-11-23-17)20-14-6-4-9-16(12-14)25-15-7-2-1-3-8-15/h1-12H,13H2,(H,20,21). The Balaban J connectivity index is 1.54. The van der Waals surface area contributed by atoms with Crippen LogP contribution in [0.3, 0.4) is 0 Å². The van der Waals surface area contributed by atoms with Crippen molar-refractivity contribution < 1.29 is 23.5 Å². The number of hydrogen-bond donors (Lipinski definition) is 1. The highest BCUT2D eigenvalue weighted by atomic mass is 16.5. The number of furan rings is 1. The third-order valence-corrected chi connectivity index (χ3v) is 3.15. The summed E-state index contributed by atoms with van der Waals surface area (Å²) in [5.41, 5.74) is 0.535. The summed E-state index contributed by atoms with van der Waals surface area (Å²) in [4.78, 5) is 23.5. The summed E-state index contributed by atoms with van der Waals surface area (Å²) in [5.74, 6) is 0.166. The highest BCUT2D eigenvalue weighted by Crippen LogP contribution is 2.23. The molecule has 1 amide bonds. The minimum atomic E-state index is -0.693.